The number of rotatable bonds is 4. The number of carbonyl (C=O) groups is 1. The summed E-state index contributed by atoms with van der Waals surface area (Å²) in [7, 11) is 1.58. The second-order valence-electron chi connectivity index (χ2n) is 4.50. The third-order valence-corrected chi connectivity index (χ3v) is 3.06. The van der Waals surface area contributed by atoms with Gasteiger partial charge in [0.2, 0.25) is 0 Å². The van der Waals surface area contributed by atoms with Crippen LogP contribution in [0.2, 0.25) is 0 Å². The van der Waals surface area contributed by atoms with Crippen molar-refractivity contribution in [2.75, 3.05) is 24.3 Å². The highest BCUT2D eigenvalue weighted by Gasteiger charge is 2.19. The van der Waals surface area contributed by atoms with Gasteiger partial charge >= 0.3 is 0 Å². The monoisotopic (exact) mass is 288 g/mol. The van der Waals surface area contributed by atoms with Crippen molar-refractivity contribution in [3.63, 3.8) is 0 Å². The summed E-state index contributed by atoms with van der Waals surface area (Å²) in [6.45, 7) is 2.22. The minimum Gasteiger partial charge on any atom is -0.491 e. The first kappa shape index (κ1) is 14.8. The van der Waals surface area contributed by atoms with E-state index in [4.69, 9.17) is 10.5 Å². The van der Waals surface area contributed by atoms with E-state index in [9.17, 15) is 9.18 Å². The number of ether oxygens (including phenoxy) is 1. The van der Waals surface area contributed by atoms with Gasteiger partial charge in [0.15, 0.2) is 5.75 Å². The summed E-state index contributed by atoms with van der Waals surface area (Å²) in [5.41, 5.74) is 7.06. The molecule has 0 aliphatic heterocycles. The van der Waals surface area contributed by atoms with Crippen molar-refractivity contribution in [3.8, 4) is 5.75 Å². The zero-order valence-corrected chi connectivity index (χ0v) is 12.0. The maximum absolute atomic E-state index is 13.3. The van der Waals surface area contributed by atoms with Crippen molar-refractivity contribution in [3.05, 3.63) is 53.8 Å². The molecule has 0 aliphatic rings. The van der Waals surface area contributed by atoms with Crippen LogP contribution in [0.1, 0.15) is 17.3 Å². The summed E-state index contributed by atoms with van der Waals surface area (Å²) in [6.07, 6.45) is 0. The fourth-order valence-electron chi connectivity index (χ4n) is 2.01. The van der Waals surface area contributed by atoms with Gasteiger partial charge in [0.05, 0.1) is 17.9 Å². The van der Waals surface area contributed by atoms with Gasteiger partial charge in [-0.2, -0.15) is 0 Å². The molecule has 0 heterocycles. The molecule has 5 heteroatoms. The Labute approximate surface area is 122 Å². The molecule has 2 rings (SSSR count). The lowest BCUT2D eigenvalue weighted by atomic mass is 10.1. The Morgan fingerprint density at radius 1 is 1.29 bits per heavy atom. The van der Waals surface area contributed by atoms with Crippen LogP contribution in [0.3, 0.4) is 0 Å². The topological polar surface area (TPSA) is 55.6 Å². The van der Waals surface area contributed by atoms with E-state index in [1.807, 2.05) is 6.92 Å². The standard InChI is InChI=1S/C16H17FN2O2/c1-3-21-15-13(8-5-9-14(15)18)16(20)19(2)12-7-4-6-11(17)10-12/h4-10H,3,18H2,1-2H3. The summed E-state index contributed by atoms with van der Waals surface area (Å²) in [6, 6.07) is 10.8. The summed E-state index contributed by atoms with van der Waals surface area (Å²) < 4.78 is 18.7. The van der Waals surface area contributed by atoms with Crippen molar-refractivity contribution in [2.45, 2.75) is 6.92 Å². The Morgan fingerprint density at radius 3 is 2.67 bits per heavy atom. The quantitative estimate of drug-likeness (QED) is 0.880. The normalized spacial score (nSPS) is 10.2. The van der Waals surface area contributed by atoms with Crippen LogP contribution in [0, 0.1) is 5.82 Å². The summed E-state index contributed by atoms with van der Waals surface area (Å²) >= 11 is 0. The van der Waals surface area contributed by atoms with Gasteiger partial charge < -0.3 is 15.4 Å². The minimum absolute atomic E-state index is 0.309. The highest BCUT2D eigenvalue weighted by Crippen LogP contribution is 2.28. The van der Waals surface area contributed by atoms with Gasteiger partial charge in [-0.25, -0.2) is 4.39 Å². The fraction of sp³-hybridized carbons (Fsp3) is 0.188. The van der Waals surface area contributed by atoms with E-state index in [0.29, 0.717) is 29.3 Å². The number of hydrogen-bond donors (Lipinski definition) is 1. The van der Waals surface area contributed by atoms with E-state index < -0.39 is 5.82 Å². The van der Waals surface area contributed by atoms with Crippen LogP contribution in [0.15, 0.2) is 42.5 Å². The molecule has 0 aliphatic carbocycles. The molecule has 2 N–H and O–H groups in total. The lowest BCUT2D eigenvalue weighted by molar-refractivity contribution is 0.0989. The van der Waals surface area contributed by atoms with Crippen molar-refractivity contribution in [1.82, 2.24) is 0 Å². The molecule has 0 saturated heterocycles. The van der Waals surface area contributed by atoms with Gasteiger partial charge in [0.1, 0.15) is 5.82 Å². The first-order valence-electron chi connectivity index (χ1n) is 6.59. The molecule has 0 unspecified atom stereocenters. The predicted molar refractivity (Wildman–Crippen MR) is 81.2 cm³/mol. The average Bonchev–Trinajstić information content (AvgIpc) is 2.48. The maximum atomic E-state index is 13.3. The SMILES string of the molecule is CCOc1c(N)cccc1C(=O)N(C)c1cccc(F)c1. The first-order chi connectivity index (χ1) is 10.0. The summed E-state index contributed by atoms with van der Waals surface area (Å²) in [5.74, 6) is -0.352. The fourth-order valence-corrected chi connectivity index (χ4v) is 2.01. The van der Waals surface area contributed by atoms with Crippen molar-refractivity contribution in [2.24, 2.45) is 0 Å². The Kier molecular flexibility index (Phi) is 4.42. The molecule has 0 atom stereocenters. The largest absolute Gasteiger partial charge is 0.491 e. The molecule has 110 valence electrons. The van der Waals surface area contributed by atoms with Crippen molar-refractivity contribution in [1.29, 1.82) is 0 Å². The third-order valence-electron chi connectivity index (χ3n) is 3.06. The second kappa shape index (κ2) is 6.26. The van der Waals surface area contributed by atoms with Crippen LogP contribution in [-0.2, 0) is 0 Å². The van der Waals surface area contributed by atoms with Crippen LogP contribution in [0.4, 0.5) is 15.8 Å². The number of carbonyl (C=O) groups excluding carboxylic acids is 1. The molecule has 0 saturated carbocycles. The Balaban J connectivity index is 2.38. The van der Waals surface area contributed by atoms with E-state index in [1.165, 1.54) is 17.0 Å². The molecular weight excluding hydrogens is 271 g/mol. The predicted octanol–water partition coefficient (Wildman–Crippen LogP) is 3.08. The molecule has 0 radical (unpaired) electrons. The summed E-state index contributed by atoms with van der Waals surface area (Å²) in [4.78, 5) is 13.9. The second-order valence-corrected chi connectivity index (χ2v) is 4.50. The molecular formula is C16H17FN2O2. The molecule has 2 aromatic rings. The van der Waals surface area contributed by atoms with Crippen LogP contribution in [-0.4, -0.2) is 19.6 Å². The van der Waals surface area contributed by atoms with Crippen LogP contribution >= 0.6 is 0 Å². The molecule has 0 spiro atoms. The van der Waals surface area contributed by atoms with E-state index in [2.05, 4.69) is 0 Å². The minimum atomic E-state index is -0.398. The van der Waals surface area contributed by atoms with Crippen LogP contribution in [0.5, 0.6) is 5.75 Å². The van der Waals surface area contributed by atoms with Gasteiger partial charge in [-0.1, -0.05) is 12.1 Å². The molecule has 1 amide bonds. The van der Waals surface area contributed by atoms with Gasteiger partial charge in [0.25, 0.3) is 5.91 Å². The number of amides is 1. The first-order valence-corrected chi connectivity index (χ1v) is 6.59. The number of para-hydroxylation sites is 1. The number of halogens is 1. The van der Waals surface area contributed by atoms with E-state index in [-0.39, 0.29) is 5.91 Å². The lowest BCUT2D eigenvalue weighted by Gasteiger charge is -2.20. The van der Waals surface area contributed by atoms with Crippen LogP contribution < -0.4 is 15.4 Å². The molecule has 0 bridgehead atoms. The zero-order chi connectivity index (χ0) is 15.4. The van der Waals surface area contributed by atoms with Gasteiger partial charge in [-0.15, -0.1) is 0 Å². The van der Waals surface area contributed by atoms with Gasteiger partial charge in [-0.05, 0) is 37.3 Å². The molecule has 2 aromatic carbocycles. The molecule has 21 heavy (non-hydrogen) atoms. The number of benzene rings is 2. The number of nitrogen functional groups attached to an aromatic ring is 1. The Hall–Kier alpha value is -2.56. The van der Waals surface area contributed by atoms with Crippen LogP contribution in [0.25, 0.3) is 0 Å². The third kappa shape index (κ3) is 3.13. The zero-order valence-electron chi connectivity index (χ0n) is 12.0. The number of hydrogen-bond acceptors (Lipinski definition) is 3. The Bertz CT molecular complexity index is 658. The van der Waals surface area contributed by atoms with E-state index >= 15 is 0 Å². The Morgan fingerprint density at radius 2 is 2.00 bits per heavy atom. The lowest BCUT2D eigenvalue weighted by Crippen LogP contribution is -2.27. The summed E-state index contributed by atoms with van der Waals surface area (Å²) in [5, 5.41) is 0. The van der Waals surface area contributed by atoms with Gasteiger partial charge in [-0.3, -0.25) is 4.79 Å². The molecule has 0 fully saturated rings. The van der Waals surface area contributed by atoms with E-state index in [0.717, 1.165) is 0 Å². The smallest absolute Gasteiger partial charge is 0.261 e. The highest BCUT2D eigenvalue weighted by atomic mass is 19.1. The molecule has 0 aromatic heterocycles. The van der Waals surface area contributed by atoms with Crippen molar-refractivity contribution >= 4 is 17.3 Å². The average molecular weight is 288 g/mol. The number of anilines is 2. The number of nitrogens with two attached hydrogens (primary N) is 1. The highest BCUT2D eigenvalue weighted by molar-refractivity contribution is 6.08. The maximum Gasteiger partial charge on any atom is 0.261 e. The number of nitrogens with zero attached hydrogens (tertiary/aromatic N) is 1. The van der Waals surface area contributed by atoms with Crippen molar-refractivity contribution < 1.29 is 13.9 Å². The van der Waals surface area contributed by atoms with Gasteiger partial charge in [0, 0.05) is 12.7 Å². The molecule has 4 nitrogen and oxygen atoms in total. The van der Waals surface area contributed by atoms with E-state index in [1.54, 1.807) is 37.4 Å².